The fourth-order valence-electron chi connectivity index (χ4n) is 3.44. The average molecular weight is 258 g/mol. The minimum absolute atomic E-state index is 0.976. The van der Waals surface area contributed by atoms with Gasteiger partial charge in [0.2, 0.25) is 0 Å². The van der Waals surface area contributed by atoms with Crippen LogP contribution in [0.3, 0.4) is 0 Å². The first kappa shape index (κ1) is 13.1. The lowest BCUT2D eigenvalue weighted by Crippen LogP contribution is -2.33. The molecule has 104 valence electrons. The minimum Gasteiger partial charge on any atom is -0.312 e. The lowest BCUT2D eigenvalue weighted by atomic mass is 9.93. The molecule has 3 rings (SSSR count). The molecule has 1 N–H and O–H groups in total. The van der Waals surface area contributed by atoms with Gasteiger partial charge in [0, 0.05) is 13.1 Å². The first-order valence-corrected chi connectivity index (χ1v) is 7.89. The van der Waals surface area contributed by atoms with Crippen molar-refractivity contribution in [2.45, 2.75) is 45.7 Å². The van der Waals surface area contributed by atoms with Gasteiger partial charge in [0.15, 0.2) is 0 Å². The maximum atomic E-state index is 3.47. The van der Waals surface area contributed by atoms with E-state index in [-0.39, 0.29) is 0 Å². The van der Waals surface area contributed by atoms with Crippen LogP contribution in [0.2, 0.25) is 0 Å². The Morgan fingerprint density at radius 1 is 1.21 bits per heavy atom. The van der Waals surface area contributed by atoms with E-state index in [2.05, 4.69) is 35.3 Å². The van der Waals surface area contributed by atoms with Crippen LogP contribution in [0.4, 0.5) is 0 Å². The number of hydrogen-bond donors (Lipinski definition) is 1. The van der Waals surface area contributed by atoms with Gasteiger partial charge in [-0.1, -0.05) is 31.5 Å². The molecule has 0 atom stereocenters. The Kier molecular flexibility index (Phi) is 4.19. The largest absolute Gasteiger partial charge is 0.312 e. The third-order valence-corrected chi connectivity index (χ3v) is 4.85. The van der Waals surface area contributed by atoms with Gasteiger partial charge < -0.3 is 5.32 Å². The van der Waals surface area contributed by atoms with Crippen molar-refractivity contribution in [3.63, 3.8) is 0 Å². The molecule has 1 aromatic carbocycles. The average Bonchev–Trinajstić information content (AvgIpc) is 2.48. The number of hydrogen-bond acceptors (Lipinski definition) is 2. The zero-order valence-electron chi connectivity index (χ0n) is 12.1. The SMILES string of the molecule is CCC1CCN(Cc2ccc3c(c2)CNCC3)CC1. The van der Waals surface area contributed by atoms with Crippen LogP contribution < -0.4 is 5.32 Å². The van der Waals surface area contributed by atoms with Gasteiger partial charge in [0.05, 0.1) is 0 Å². The highest BCUT2D eigenvalue weighted by Gasteiger charge is 2.18. The van der Waals surface area contributed by atoms with E-state index < -0.39 is 0 Å². The quantitative estimate of drug-likeness (QED) is 0.896. The van der Waals surface area contributed by atoms with Crippen LogP contribution >= 0.6 is 0 Å². The molecule has 0 spiro atoms. The lowest BCUT2D eigenvalue weighted by molar-refractivity contribution is 0.175. The van der Waals surface area contributed by atoms with Gasteiger partial charge in [0.25, 0.3) is 0 Å². The molecule has 0 bridgehead atoms. The Labute approximate surface area is 117 Å². The molecule has 19 heavy (non-hydrogen) atoms. The van der Waals surface area contributed by atoms with E-state index in [1.807, 2.05) is 0 Å². The minimum atomic E-state index is 0.976. The molecule has 2 heteroatoms. The summed E-state index contributed by atoms with van der Waals surface area (Å²) in [4.78, 5) is 2.63. The van der Waals surface area contributed by atoms with E-state index in [0.717, 1.165) is 25.6 Å². The summed E-state index contributed by atoms with van der Waals surface area (Å²) >= 11 is 0. The molecule has 0 saturated carbocycles. The van der Waals surface area contributed by atoms with Crippen molar-refractivity contribution in [3.8, 4) is 0 Å². The molecule has 2 nitrogen and oxygen atoms in total. The molecule has 0 aliphatic carbocycles. The lowest BCUT2D eigenvalue weighted by Gasteiger charge is -2.31. The molecule has 0 radical (unpaired) electrons. The number of rotatable bonds is 3. The standard InChI is InChI=1S/C17H26N2/c1-2-14-6-9-19(10-7-14)13-15-3-4-16-5-8-18-12-17(16)11-15/h3-4,11,14,18H,2,5-10,12-13H2,1H3. The van der Waals surface area contributed by atoms with Gasteiger partial charge in [-0.2, -0.15) is 0 Å². The summed E-state index contributed by atoms with van der Waals surface area (Å²) in [6, 6.07) is 7.12. The van der Waals surface area contributed by atoms with Gasteiger partial charge in [-0.05, 0) is 61.5 Å². The molecule has 1 saturated heterocycles. The summed E-state index contributed by atoms with van der Waals surface area (Å²) in [5.41, 5.74) is 4.57. The third-order valence-electron chi connectivity index (χ3n) is 4.85. The zero-order valence-corrected chi connectivity index (χ0v) is 12.1. The molecule has 2 aliphatic rings. The van der Waals surface area contributed by atoms with Crippen LogP contribution in [-0.4, -0.2) is 24.5 Å². The number of nitrogens with one attached hydrogen (secondary N) is 1. The highest BCUT2D eigenvalue weighted by atomic mass is 15.1. The topological polar surface area (TPSA) is 15.3 Å². The molecule has 2 heterocycles. The normalized spacial score (nSPS) is 21.3. The summed E-state index contributed by atoms with van der Waals surface area (Å²) in [7, 11) is 0. The van der Waals surface area contributed by atoms with Crippen LogP contribution in [0.1, 0.15) is 42.9 Å². The van der Waals surface area contributed by atoms with Gasteiger partial charge in [0.1, 0.15) is 0 Å². The number of piperidine rings is 1. The zero-order chi connectivity index (χ0) is 13.1. The van der Waals surface area contributed by atoms with Crippen LogP contribution in [-0.2, 0) is 19.5 Å². The van der Waals surface area contributed by atoms with E-state index in [9.17, 15) is 0 Å². The Balaban J connectivity index is 1.61. The van der Waals surface area contributed by atoms with Gasteiger partial charge in [-0.15, -0.1) is 0 Å². The molecule has 1 fully saturated rings. The number of fused-ring (bicyclic) bond motifs is 1. The number of benzene rings is 1. The van der Waals surface area contributed by atoms with Crippen molar-refractivity contribution in [2.24, 2.45) is 5.92 Å². The van der Waals surface area contributed by atoms with Crippen molar-refractivity contribution < 1.29 is 0 Å². The fourth-order valence-corrected chi connectivity index (χ4v) is 3.44. The smallest absolute Gasteiger partial charge is 0.0233 e. The van der Waals surface area contributed by atoms with E-state index in [4.69, 9.17) is 0 Å². The summed E-state index contributed by atoms with van der Waals surface area (Å²) in [6.07, 6.45) is 5.34. The van der Waals surface area contributed by atoms with Crippen LogP contribution in [0.25, 0.3) is 0 Å². The second-order valence-corrected chi connectivity index (χ2v) is 6.16. The van der Waals surface area contributed by atoms with Crippen molar-refractivity contribution in [1.29, 1.82) is 0 Å². The van der Waals surface area contributed by atoms with E-state index >= 15 is 0 Å². The fraction of sp³-hybridized carbons (Fsp3) is 0.647. The maximum Gasteiger partial charge on any atom is 0.0233 e. The van der Waals surface area contributed by atoms with E-state index in [1.165, 1.54) is 49.9 Å². The van der Waals surface area contributed by atoms with Crippen molar-refractivity contribution in [3.05, 3.63) is 34.9 Å². The highest BCUT2D eigenvalue weighted by molar-refractivity contribution is 5.33. The van der Waals surface area contributed by atoms with Gasteiger partial charge in [-0.3, -0.25) is 4.90 Å². The van der Waals surface area contributed by atoms with Crippen LogP contribution in [0.5, 0.6) is 0 Å². The molecule has 0 aromatic heterocycles. The first-order valence-electron chi connectivity index (χ1n) is 7.89. The summed E-state index contributed by atoms with van der Waals surface area (Å²) in [6.45, 7) is 8.24. The van der Waals surface area contributed by atoms with Gasteiger partial charge >= 0.3 is 0 Å². The van der Waals surface area contributed by atoms with E-state index in [0.29, 0.717) is 0 Å². The van der Waals surface area contributed by atoms with Crippen molar-refractivity contribution in [2.75, 3.05) is 19.6 Å². The Bertz CT molecular complexity index is 419. The van der Waals surface area contributed by atoms with Gasteiger partial charge in [-0.25, -0.2) is 0 Å². The second kappa shape index (κ2) is 6.06. The summed E-state index contributed by atoms with van der Waals surface area (Å²) in [5, 5.41) is 3.47. The Morgan fingerprint density at radius 3 is 2.84 bits per heavy atom. The molecule has 2 aliphatic heterocycles. The van der Waals surface area contributed by atoms with Crippen LogP contribution in [0.15, 0.2) is 18.2 Å². The van der Waals surface area contributed by atoms with Crippen molar-refractivity contribution in [1.82, 2.24) is 10.2 Å². The first-order chi connectivity index (χ1) is 9.35. The Hall–Kier alpha value is -0.860. The number of nitrogens with zero attached hydrogens (tertiary/aromatic N) is 1. The molecule has 1 aromatic rings. The molecular formula is C17H26N2. The third kappa shape index (κ3) is 3.18. The van der Waals surface area contributed by atoms with E-state index in [1.54, 1.807) is 5.56 Å². The van der Waals surface area contributed by atoms with Crippen LogP contribution in [0, 0.1) is 5.92 Å². The molecule has 0 unspecified atom stereocenters. The highest BCUT2D eigenvalue weighted by Crippen LogP contribution is 2.22. The number of likely N-dealkylation sites (tertiary alicyclic amines) is 1. The molecule has 0 amide bonds. The molecular weight excluding hydrogens is 232 g/mol. The second-order valence-electron chi connectivity index (χ2n) is 6.16. The predicted octanol–water partition coefficient (Wildman–Crippen LogP) is 2.95. The van der Waals surface area contributed by atoms with Crippen molar-refractivity contribution >= 4 is 0 Å². The summed E-state index contributed by atoms with van der Waals surface area (Å²) in [5.74, 6) is 0.976. The summed E-state index contributed by atoms with van der Waals surface area (Å²) < 4.78 is 0. The monoisotopic (exact) mass is 258 g/mol. The Morgan fingerprint density at radius 2 is 2.05 bits per heavy atom. The predicted molar refractivity (Wildman–Crippen MR) is 80.1 cm³/mol. The maximum absolute atomic E-state index is 3.47.